The molecule has 0 radical (unpaired) electrons. The normalized spacial score (nSPS) is 15.8. The summed E-state index contributed by atoms with van der Waals surface area (Å²) in [6.45, 7) is 6.06. The summed E-state index contributed by atoms with van der Waals surface area (Å²) in [5.74, 6) is 0.574. The van der Waals surface area contributed by atoms with Gasteiger partial charge in [0.2, 0.25) is 0 Å². The van der Waals surface area contributed by atoms with Crippen molar-refractivity contribution < 1.29 is 9.53 Å². The van der Waals surface area contributed by atoms with E-state index in [4.69, 9.17) is 9.84 Å². The maximum absolute atomic E-state index is 12.8. The lowest BCUT2D eigenvalue weighted by molar-refractivity contribution is -0.139. The van der Waals surface area contributed by atoms with Crippen LogP contribution in [0.4, 0.5) is 5.82 Å². The van der Waals surface area contributed by atoms with Gasteiger partial charge in [-0.2, -0.15) is 5.10 Å². The van der Waals surface area contributed by atoms with Gasteiger partial charge in [-0.05, 0) is 31.9 Å². The molecule has 3 aromatic rings. The van der Waals surface area contributed by atoms with Gasteiger partial charge >= 0.3 is 5.97 Å². The molecular formula is C23H23N3O2. The molecule has 0 amide bonds. The number of hydrogen-bond donors (Lipinski definition) is 1. The highest BCUT2D eigenvalue weighted by molar-refractivity contribution is 5.93. The fraction of sp³-hybridized carbons (Fsp3) is 0.217. The summed E-state index contributed by atoms with van der Waals surface area (Å²) >= 11 is 0. The Labute approximate surface area is 164 Å². The Morgan fingerprint density at radius 1 is 1.07 bits per heavy atom. The Kier molecular flexibility index (Phi) is 4.74. The lowest BCUT2D eigenvalue weighted by Gasteiger charge is -2.29. The van der Waals surface area contributed by atoms with E-state index in [9.17, 15) is 4.79 Å². The summed E-state index contributed by atoms with van der Waals surface area (Å²) in [5.41, 5.74) is 5.42. The van der Waals surface area contributed by atoms with Crippen molar-refractivity contribution in [3.05, 3.63) is 83.2 Å². The maximum Gasteiger partial charge on any atom is 0.338 e. The van der Waals surface area contributed by atoms with Crippen molar-refractivity contribution in [3.63, 3.8) is 0 Å². The van der Waals surface area contributed by atoms with Gasteiger partial charge in [0.05, 0.1) is 17.9 Å². The van der Waals surface area contributed by atoms with Crippen molar-refractivity contribution >= 4 is 11.8 Å². The third kappa shape index (κ3) is 2.99. The molecule has 142 valence electrons. The number of rotatable bonds is 4. The van der Waals surface area contributed by atoms with E-state index in [1.807, 2.05) is 74.0 Å². The number of allylic oxidation sites excluding steroid dienone is 1. The molecule has 0 saturated heterocycles. The molecule has 0 fully saturated rings. The summed E-state index contributed by atoms with van der Waals surface area (Å²) in [5, 5.41) is 8.24. The molecule has 1 N–H and O–H groups in total. The SMILES string of the molecule is CCOC(=O)C1=C(C)Nc2c(-c3ccccc3)c(C)nn2[C@@H]1c1ccccc1. The number of nitrogens with one attached hydrogen (secondary N) is 1. The van der Waals surface area contributed by atoms with Crippen LogP contribution >= 0.6 is 0 Å². The first-order valence-corrected chi connectivity index (χ1v) is 9.46. The Bertz CT molecular complexity index is 1040. The number of benzene rings is 2. The van der Waals surface area contributed by atoms with Gasteiger partial charge in [0.1, 0.15) is 11.9 Å². The fourth-order valence-corrected chi connectivity index (χ4v) is 3.79. The van der Waals surface area contributed by atoms with Gasteiger partial charge < -0.3 is 10.1 Å². The van der Waals surface area contributed by atoms with E-state index in [0.29, 0.717) is 12.2 Å². The number of carbonyl (C=O) groups is 1. The molecule has 1 aliphatic rings. The molecule has 1 aromatic heterocycles. The molecule has 0 spiro atoms. The van der Waals surface area contributed by atoms with Gasteiger partial charge in [0, 0.05) is 11.3 Å². The fourth-order valence-electron chi connectivity index (χ4n) is 3.79. The van der Waals surface area contributed by atoms with Crippen molar-refractivity contribution in [2.75, 3.05) is 11.9 Å². The van der Waals surface area contributed by atoms with Crippen molar-refractivity contribution in [2.24, 2.45) is 0 Å². The van der Waals surface area contributed by atoms with E-state index in [2.05, 4.69) is 17.4 Å². The first kappa shape index (κ1) is 18.0. The van der Waals surface area contributed by atoms with E-state index in [-0.39, 0.29) is 12.0 Å². The predicted molar refractivity (Wildman–Crippen MR) is 110 cm³/mol. The second-order valence-electron chi connectivity index (χ2n) is 6.82. The van der Waals surface area contributed by atoms with Gasteiger partial charge in [-0.15, -0.1) is 0 Å². The summed E-state index contributed by atoms with van der Waals surface area (Å²) in [6.07, 6.45) is 0. The topological polar surface area (TPSA) is 56.1 Å². The number of nitrogens with zero attached hydrogens (tertiary/aromatic N) is 2. The zero-order valence-corrected chi connectivity index (χ0v) is 16.3. The van der Waals surface area contributed by atoms with Crippen molar-refractivity contribution in [1.82, 2.24) is 9.78 Å². The maximum atomic E-state index is 12.8. The van der Waals surface area contributed by atoms with Gasteiger partial charge in [0.15, 0.2) is 0 Å². The van der Waals surface area contributed by atoms with Crippen LogP contribution in [0.2, 0.25) is 0 Å². The first-order chi connectivity index (χ1) is 13.6. The number of anilines is 1. The highest BCUT2D eigenvalue weighted by Gasteiger charge is 2.35. The van der Waals surface area contributed by atoms with E-state index < -0.39 is 0 Å². The highest BCUT2D eigenvalue weighted by atomic mass is 16.5. The minimum atomic E-state index is -0.340. The zero-order valence-electron chi connectivity index (χ0n) is 16.3. The summed E-state index contributed by atoms with van der Waals surface area (Å²) in [4.78, 5) is 12.8. The molecule has 2 heterocycles. The third-order valence-electron chi connectivity index (χ3n) is 4.99. The van der Waals surface area contributed by atoms with Gasteiger partial charge in [-0.3, -0.25) is 0 Å². The average Bonchev–Trinajstić information content (AvgIpc) is 3.03. The summed E-state index contributed by atoms with van der Waals surface area (Å²) in [6, 6.07) is 19.8. The molecule has 2 aromatic carbocycles. The largest absolute Gasteiger partial charge is 0.463 e. The molecule has 0 aliphatic carbocycles. The van der Waals surface area contributed by atoms with Crippen LogP contribution in [0.15, 0.2) is 71.9 Å². The molecule has 28 heavy (non-hydrogen) atoms. The third-order valence-corrected chi connectivity index (χ3v) is 4.99. The second-order valence-corrected chi connectivity index (χ2v) is 6.82. The lowest BCUT2D eigenvalue weighted by atomic mass is 9.95. The molecule has 0 saturated carbocycles. The average molecular weight is 373 g/mol. The lowest BCUT2D eigenvalue weighted by Crippen LogP contribution is -2.29. The van der Waals surface area contributed by atoms with Crippen LogP contribution in [-0.2, 0) is 9.53 Å². The monoisotopic (exact) mass is 373 g/mol. The quantitative estimate of drug-likeness (QED) is 0.673. The number of aryl methyl sites for hydroxylation is 1. The van der Waals surface area contributed by atoms with Crippen LogP contribution in [0.3, 0.4) is 0 Å². The number of hydrogen-bond acceptors (Lipinski definition) is 4. The summed E-state index contributed by atoms with van der Waals surface area (Å²) < 4.78 is 7.27. The Balaban J connectivity index is 1.93. The van der Waals surface area contributed by atoms with Crippen LogP contribution in [0, 0.1) is 6.92 Å². The summed E-state index contributed by atoms with van der Waals surface area (Å²) in [7, 11) is 0. The molecule has 0 bridgehead atoms. The predicted octanol–water partition coefficient (Wildman–Crippen LogP) is 4.71. The Morgan fingerprint density at radius 2 is 1.71 bits per heavy atom. The van der Waals surface area contributed by atoms with Crippen molar-refractivity contribution in [2.45, 2.75) is 26.8 Å². The molecule has 5 nitrogen and oxygen atoms in total. The molecule has 0 unspecified atom stereocenters. The minimum Gasteiger partial charge on any atom is -0.463 e. The van der Waals surface area contributed by atoms with Crippen LogP contribution in [-0.4, -0.2) is 22.4 Å². The van der Waals surface area contributed by atoms with Crippen LogP contribution in [0.5, 0.6) is 0 Å². The minimum absolute atomic E-state index is 0.318. The Hall–Kier alpha value is -3.34. The van der Waals surface area contributed by atoms with Gasteiger partial charge in [-0.25, -0.2) is 9.48 Å². The smallest absolute Gasteiger partial charge is 0.338 e. The number of aromatic nitrogens is 2. The standard InChI is InChI=1S/C23H23N3O2/c1-4-28-23(27)20-15(2)24-22-19(17-11-7-5-8-12-17)16(3)25-26(22)21(20)18-13-9-6-10-14-18/h5-14,21,24H,4H2,1-3H3/t21-/m1/s1. The number of fused-ring (bicyclic) bond motifs is 1. The molecule has 1 aliphatic heterocycles. The van der Waals surface area contributed by atoms with Crippen LogP contribution in [0.1, 0.15) is 31.1 Å². The van der Waals surface area contributed by atoms with E-state index in [1.165, 1.54) is 0 Å². The van der Waals surface area contributed by atoms with Crippen LogP contribution < -0.4 is 5.32 Å². The van der Waals surface area contributed by atoms with E-state index in [0.717, 1.165) is 33.9 Å². The van der Waals surface area contributed by atoms with Gasteiger partial charge in [-0.1, -0.05) is 60.7 Å². The number of carbonyl (C=O) groups excluding carboxylic acids is 1. The first-order valence-electron chi connectivity index (χ1n) is 9.46. The Morgan fingerprint density at radius 3 is 2.36 bits per heavy atom. The van der Waals surface area contributed by atoms with Crippen LogP contribution in [0.25, 0.3) is 11.1 Å². The molecule has 1 atom stereocenters. The van der Waals surface area contributed by atoms with Crippen molar-refractivity contribution in [1.29, 1.82) is 0 Å². The van der Waals surface area contributed by atoms with E-state index >= 15 is 0 Å². The highest BCUT2D eigenvalue weighted by Crippen LogP contribution is 2.42. The van der Waals surface area contributed by atoms with Crippen molar-refractivity contribution in [3.8, 4) is 11.1 Å². The second kappa shape index (κ2) is 7.35. The van der Waals surface area contributed by atoms with Gasteiger partial charge in [0.25, 0.3) is 0 Å². The van der Waals surface area contributed by atoms with E-state index in [1.54, 1.807) is 0 Å². The number of ether oxygens (including phenoxy) is 1. The molecule has 4 rings (SSSR count). The molecule has 5 heteroatoms. The number of esters is 1. The molecular weight excluding hydrogens is 350 g/mol. The zero-order chi connectivity index (χ0) is 19.7.